The molecule has 1 aromatic rings. The van der Waals surface area contributed by atoms with Crippen LogP contribution in [0.5, 0.6) is 0 Å². The van der Waals surface area contributed by atoms with Gasteiger partial charge >= 0.3 is 0 Å². The lowest BCUT2D eigenvalue weighted by Crippen LogP contribution is -2.03. The van der Waals surface area contributed by atoms with Crippen LogP contribution in [0.25, 0.3) is 12.2 Å². The number of hydrogen-bond acceptors (Lipinski definition) is 6. The third kappa shape index (κ3) is 5.37. The van der Waals surface area contributed by atoms with Crippen molar-refractivity contribution in [2.24, 2.45) is 0 Å². The minimum Gasteiger partial charge on any atom is -0.383 e. The van der Waals surface area contributed by atoms with Gasteiger partial charge in [-0.1, -0.05) is 24.3 Å². The van der Waals surface area contributed by atoms with E-state index in [-0.39, 0.29) is 33.4 Å². The molecule has 0 aromatic heterocycles. The first kappa shape index (κ1) is 21.8. The van der Waals surface area contributed by atoms with Gasteiger partial charge in [-0.3, -0.25) is 0 Å². The summed E-state index contributed by atoms with van der Waals surface area (Å²) < 4.78 is 0. The van der Waals surface area contributed by atoms with Crippen molar-refractivity contribution in [3.63, 3.8) is 0 Å². The first-order valence-corrected chi connectivity index (χ1v) is 8.28. The molecular formula is C22H20N6. The maximum Gasteiger partial charge on any atom is 0.101 e. The van der Waals surface area contributed by atoms with Crippen molar-refractivity contribution in [1.82, 2.24) is 9.80 Å². The number of nitrogens with zero attached hydrogens (tertiary/aromatic N) is 6. The lowest BCUT2D eigenvalue weighted by molar-refractivity contribution is 0.564. The fourth-order valence-corrected chi connectivity index (χ4v) is 2.33. The molecule has 0 N–H and O–H groups in total. The molecule has 0 saturated carbocycles. The first-order chi connectivity index (χ1) is 13.4. The SMILES string of the molecule is CN(C)/C=C/C=C/c1c(C#N)c(C#N)c(/C=C/C=C/N(C)C)c(C#N)c1C#N. The normalized spacial score (nSPS) is 10.9. The molecule has 0 aliphatic carbocycles. The standard InChI is InChI=1S/C22H20N6/c1-27(2)11-7-5-9-17-19(13-23)21(15-25)18(10-6-8-12-28(3)4)22(16-26)20(17)14-24/h5-12H,1-4H3/b9-5+,10-6+,11-7+,12-8+. The number of benzene rings is 1. The third-order valence-electron chi connectivity index (χ3n) is 3.54. The molecular weight excluding hydrogens is 348 g/mol. The van der Waals surface area contributed by atoms with Crippen LogP contribution in [-0.2, 0) is 0 Å². The fourth-order valence-electron chi connectivity index (χ4n) is 2.33. The lowest BCUT2D eigenvalue weighted by Gasteiger charge is -2.10. The van der Waals surface area contributed by atoms with Crippen LogP contribution in [0.4, 0.5) is 0 Å². The van der Waals surface area contributed by atoms with Crippen molar-refractivity contribution >= 4 is 12.2 Å². The van der Waals surface area contributed by atoms with Crippen molar-refractivity contribution in [1.29, 1.82) is 21.0 Å². The van der Waals surface area contributed by atoms with E-state index in [0.29, 0.717) is 0 Å². The molecule has 138 valence electrons. The van der Waals surface area contributed by atoms with E-state index in [1.54, 1.807) is 48.9 Å². The summed E-state index contributed by atoms with van der Waals surface area (Å²) in [5.74, 6) is 0. The van der Waals surface area contributed by atoms with Crippen LogP contribution in [0.3, 0.4) is 0 Å². The topological polar surface area (TPSA) is 102 Å². The molecule has 0 radical (unpaired) electrons. The van der Waals surface area contributed by atoms with Crippen LogP contribution < -0.4 is 0 Å². The Bertz CT molecular complexity index is 874. The van der Waals surface area contributed by atoms with Gasteiger partial charge in [-0.15, -0.1) is 0 Å². The third-order valence-corrected chi connectivity index (χ3v) is 3.54. The smallest absolute Gasteiger partial charge is 0.101 e. The molecule has 0 aliphatic rings. The summed E-state index contributed by atoms with van der Waals surface area (Å²) in [5.41, 5.74) is 0.824. The Balaban J connectivity index is 3.76. The molecule has 0 heterocycles. The highest BCUT2D eigenvalue weighted by molar-refractivity contribution is 5.80. The van der Waals surface area contributed by atoms with Gasteiger partial charge < -0.3 is 9.80 Å². The van der Waals surface area contributed by atoms with Gasteiger partial charge in [0.2, 0.25) is 0 Å². The van der Waals surface area contributed by atoms with Gasteiger partial charge in [0.1, 0.15) is 24.3 Å². The Labute approximate surface area is 166 Å². The summed E-state index contributed by atoms with van der Waals surface area (Å²) in [5, 5.41) is 38.5. The second-order valence-electron chi connectivity index (χ2n) is 6.10. The lowest BCUT2D eigenvalue weighted by atomic mass is 9.87. The Morgan fingerprint density at radius 3 is 1.04 bits per heavy atom. The predicted molar refractivity (Wildman–Crippen MR) is 109 cm³/mol. The van der Waals surface area contributed by atoms with Crippen LogP contribution in [0.15, 0.2) is 36.7 Å². The average molecular weight is 368 g/mol. The molecule has 0 fully saturated rings. The molecule has 0 bridgehead atoms. The van der Waals surface area contributed by atoms with Crippen LogP contribution >= 0.6 is 0 Å². The molecule has 1 aromatic carbocycles. The van der Waals surface area contributed by atoms with Gasteiger partial charge in [0, 0.05) is 39.3 Å². The summed E-state index contributed by atoms with van der Waals surface area (Å²) in [4.78, 5) is 3.66. The minimum atomic E-state index is 0.0730. The first-order valence-electron chi connectivity index (χ1n) is 8.28. The fraction of sp³-hybridized carbons (Fsp3) is 0.182. The van der Waals surface area contributed by atoms with E-state index in [1.165, 1.54) is 0 Å². The highest BCUT2D eigenvalue weighted by Crippen LogP contribution is 2.29. The van der Waals surface area contributed by atoms with Gasteiger partial charge in [-0.25, -0.2) is 0 Å². The molecule has 0 atom stereocenters. The van der Waals surface area contributed by atoms with Crippen LogP contribution in [0.2, 0.25) is 0 Å². The largest absolute Gasteiger partial charge is 0.383 e. The Hall–Kier alpha value is -4.26. The average Bonchev–Trinajstić information content (AvgIpc) is 2.66. The van der Waals surface area contributed by atoms with Gasteiger partial charge in [0.05, 0.1) is 22.3 Å². The van der Waals surface area contributed by atoms with Crippen molar-refractivity contribution in [2.45, 2.75) is 0 Å². The Kier molecular flexibility index (Phi) is 8.30. The molecule has 6 heteroatoms. The van der Waals surface area contributed by atoms with E-state index >= 15 is 0 Å². The number of allylic oxidation sites excluding steroid dienone is 4. The highest BCUT2D eigenvalue weighted by Gasteiger charge is 2.21. The summed E-state index contributed by atoms with van der Waals surface area (Å²) >= 11 is 0. The molecule has 1 rings (SSSR count). The zero-order chi connectivity index (χ0) is 21.1. The number of nitriles is 4. The molecule has 0 saturated heterocycles. The number of hydrogen-bond donors (Lipinski definition) is 0. The summed E-state index contributed by atoms with van der Waals surface area (Å²) in [6.07, 6.45) is 13.5. The van der Waals surface area contributed by atoms with Gasteiger partial charge in [0.25, 0.3) is 0 Å². The molecule has 6 nitrogen and oxygen atoms in total. The summed E-state index contributed by atoms with van der Waals surface area (Å²) in [7, 11) is 7.44. The van der Waals surface area contributed by atoms with E-state index in [1.807, 2.05) is 62.3 Å². The zero-order valence-electron chi connectivity index (χ0n) is 16.3. The quantitative estimate of drug-likeness (QED) is 0.714. The summed E-state index contributed by atoms with van der Waals surface area (Å²) in [6, 6.07) is 8.04. The highest BCUT2D eigenvalue weighted by atomic mass is 15.0. The van der Waals surface area contributed by atoms with Gasteiger partial charge in [-0.2, -0.15) is 21.0 Å². The maximum atomic E-state index is 9.63. The Morgan fingerprint density at radius 1 is 0.536 bits per heavy atom. The van der Waals surface area contributed by atoms with Crippen molar-refractivity contribution in [2.75, 3.05) is 28.2 Å². The Morgan fingerprint density at radius 2 is 0.821 bits per heavy atom. The molecule has 28 heavy (non-hydrogen) atoms. The van der Waals surface area contributed by atoms with E-state index < -0.39 is 0 Å². The second-order valence-corrected chi connectivity index (χ2v) is 6.10. The van der Waals surface area contributed by atoms with E-state index in [2.05, 4.69) is 0 Å². The van der Waals surface area contributed by atoms with Crippen molar-refractivity contribution in [3.8, 4) is 24.3 Å². The zero-order valence-corrected chi connectivity index (χ0v) is 16.3. The molecule has 0 amide bonds. The molecule has 0 unspecified atom stereocenters. The van der Waals surface area contributed by atoms with E-state index in [9.17, 15) is 21.0 Å². The van der Waals surface area contributed by atoms with E-state index in [4.69, 9.17) is 0 Å². The van der Waals surface area contributed by atoms with Crippen molar-refractivity contribution in [3.05, 3.63) is 70.1 Å². The molecule has 0 aliphatic heterocycles. The van der Waals surface area contributed by atoms with Crippen LogP contribution in [-0.4, -0.2) is 38.0 Å². The predicted octanol–water partition coefficient (Wildman–Crippen LogP) is 3.35. The van der Waals surface area contributed by atoms with Crippen LogP contribution in [0.1, 0.15) is 33.4 Å². The summed E-state index contributed by atoms with van der Waals surface area (Å²) in [6.45, 7) is 0. The monoisotopic (exact) mass is 368 g/mol. The second kappa shape index (κ2) is 10.7. The number of rotatable bonds is 6. The van der Waals surface area contributed by atoms with Crippen molar-refractivity contribution < 1.29 is 0 Å². The van der Waals surface area contributed by atoms with E-state index in [0.717, 1.165) is 0 Å². The van der Waals surface area contributed by atoms with Crippen LogP contribution in [0, 0.1) is 45.3 Å². The van der Waals surface area contributed by atoms with Gasteiger partial charge in [-0.05, 0) is 24.6 Å². The molecule has 0 spiro atoms. The van der Waals surface area contributed by atoms with Gasteiger partial charge in [0.15, 0.2) is 0 Å². The minimum absolute atomic E-state index is 0.0730. The maximum absolute atomic E-state index is 9.63.